The second kappa shape index (κ2) is 7.65. The van der Waals surface area contributed by atoms with Crippen LogP contribution in [0.25, 0.3) is 0 Å². The molecule has 0 aliphatic carbocycles. The summed E-state index contributed by atoms with van der Waals surface area (Å²) in [5, 5.41) is 21.0. The molecule has 2 aromatic rings. The lowest BCUT2D eigenvalue weighted by Gasteiger charge is -2.12. The highest BCUT2D eigenvalue weighted by Crippen LogP contribution is 2.21. The van der Waals surface area contributed by atoms with E-state index < -0.39 is 0 Å². The number of benzene rings is 2. The first-order chi connectivity index (χ1) is 10.8. The first-order valence-corrected chi connectivity index (χ1v) is 6.82. The van der Waals surface area contributed by atoms with Gasteiger partial charge in [0.15, 0.2) is 5.71 Å². The Labute approximate surface area is 129 Å². The zero-order chi connectivity index (χ0) is 15.8. The number of nitriles is 1. The Morgan fingerprint density at radius 3 is 2.55 bits per heavy atom. The summed E-state index contributed by atoms with van der Waals surface area (Å²) in [5.41, 5.74) is 2.36. The normalized spacial score (nSPS) is 10.8. The summed E-state index contributed by atoms with van der Waals surface area (Å²) in [4.78, 5) is 0. The van der Waals surface area contributed by atoms with Gasteiger partial charge in [-0.15, -0.1) is 6.58 Å². The standard InChI is InChI=1S/C18H16N2O2/c1-2-7-14-8-4-6-11-18(14)22-13-15-9-3-5-10-16(15)17(12-19)20-21/h2-6,8-11,21H,1,7,13H2/b20-17-. The predicted octanol–water partition coefficient (Wildman–Crippen LogP) is 3.70. The molecule has 0 spiro atoms. The molecular formula is C18H16N2O2. The second-order valence-electron chi connectivity index (χ2n) is 4.61. The van der Waals surface area contributed by atoms with E-state index in [0.29, 0.717) is 5.56 Å². The Bertz CT molecular complexity index is 730. The molecule has 110 valence electrons. The SMILES string of the molecule is C=CCc1ccccc1OCc1ccccc1/C(C#N)=N\O. The van der Waals surface area contributed by atoms with Crippen LogP contribution in [0.15, 0.2) is 66.3 Å². The fourth-order valence-electron chi connectivity index (χ4n) is 2.14. The van der Waals surface area contributed by atoms with Gasteiger partial charge < -0.3 is 9.94 Å². The molecule has 22 heavy (non-hydrogen) atoms. The number of ether oxygens (including phenoxy) is 1. The van der Waals surface area contributed by atoms with E-state index in [4.69, 9.17) is 15.2 Å². The van der Waals surface area contributed by atoms with Gasteiger partial charge in [0, 0.05) is 5.56 Å². The highest BCUT2D eigenvalue weighted by molar-refractivity contribution is 6.12. The van der Waals surface area contributed by atoms with Gasteiger partial charge in [-0.3, -0.25) is 0 Å². The van der Waals surface area contributed by atoms with E-state index in [2.05, 4.69) is 11.7 Å². The van der Waals surface area contributed by atoms with Crippen LogP contribution in [0.1, 0.15) is 16.7 Å². The summed E-state index contributed by atoms with van der Waals surface area (Å²) in [6.07, 6.45) is 2.54. The van der Waals surface area contributed by atoms with Crippen LogP contribution >= 0.6 is 0 Å². The Morgan fingerprint density at radius 1 is 1.18 bits per heavy atom. The van der Waals surface area contributed by atoms with Crippen LogP contribution in [-0.4, -0.2) is 10.9 Å². The van der Waals surface area contributed by atoms with Crippen molar-refractivity contribution < 1.29 is 9.94 Å². The Hall–Kier alpha value is -3.06. The number of oxime groups is 1. The van der Waals surface area contributed by atoms with Crippen LogP contribution in [0.3, 0.4) is 0 Å². The van der Waals surface area contributed by atoms with Gasteiger partial charge in [0.2, 0.25) is 0 Å². The molecule has 0 unspecified atom stereocenters. The first kappa shape index (κ1) is 15.3. The van der Waals surface area contributed by atoms with Gasteiger partial charge in [0.1, 0.15) is 18.4 Å². The largest absolute Gasteiger partial charge is 0.489 e. The van der Waals surface area contributed by atoms with E-state index in [0.717, 1.165) is 23.3 Å². The molecule has 2 aromatic carbocycles. The van der Waals surface area contributed by atoms with Crippen molar-refractivity contribution in [3.63, 3.8) is 0 Å². The van der Waals surface area contributed by atoms with Gasteiger partial charge in [0.25, 0.3) is 0 Å². The van der Waals surface area contributed by atoms with Gasteiger partial charge in [-0.1, -0.05) is 53.7 Å². The number of allylic oxidation sites excluding steroid dienone is 1. The lowest BCUT2D eigenvalue weighted by Crippen LogP contribution is -2.06. The summed E-state index contributed by atoms with van der Waals surface area (Å²) >= 11 is 0. The minimum absolute atomic E-state index is 0.0291. The van der Waals surface area contributed by atoms with E-state index in [9.17, 15) is 0 Å². The summed E-state index contributed by atoms with van der Waals surface area (Å²) in [7, 11) is 0. The molecule has 0 bridgehead atoms. The average Bonchev–Trinajstić information content (AvgIpc) is 2.56. The van der Waals surface area contributed by atoms with Crippen molar-refractivity contribution in [2.75, 3.05) is 0 Å². The smallest absolute Gasteiger partial charge is 0.187 e. The van der Waals surface area contributed by atoms with Crippen molar-refractivity contribution in [2.45, 2.75) is 13.0 Å². The second-order valence-corrected chi connectivity index (χ2v) is 4.61. The highest BCUT2D eigenvalue weighted by atomic mass is 16.5. The van der Waals surface area contributed by atoms with Gasteiger partial charge in [-0.25, -0.2) is 0 Å². The van der Waals surface area contributed by atoms with Crippen molar-refractivity contribution in [2.24, 2.45) is 5.16 Å². The van der Waals surface area contributed by atoms with E-state index in [1.54, 1.807) is 12.1 Å². The number of hydrogen-bond acceptors (Lipinski definition) is 4. The lowest BCUT2D eigenvalue weighted by molar-refractivity contribution is 0.302. The van der Waals surface area contributed by atoms with Crippen molar-refractivity contribution in [1.29, 1.82) is 5.26 Å². The third kappa shape index (κ3) is 3.53. The number of rotatable bonds is 6. The maximum absolute atomic E-state index is 9.01. The quantitative estimate of drug-likeness (QED) is 0.382. The molecule has 0 aliphatic heterocycles. The third-order valence-electron chi connectivity index (χ3n) is 3.20. The van der Waals surface area contributed by atoms with Crippen LogP contribution in [0.5, 0.6) is 5.75 Å². The monoisotopic (exact) mass is 292 g/mol. The Balaban J connectivity index is 2.23. The highest BCUT2D eigenvalue weighted by Gasteiger charge is 2.10. The minimum Gasteiger partial charge on any atom is -0.489 e. The van der Waals surface area contributed by atoms with Crippen LogP contribution < -0.4 is 4.74 Å². The van der Waals surface area contributed by atoms with Gasteiger partial charge in [0.05, 0.1) is 0 Å². The topological polar surface area (TPSA) is 65.6 Å². The fraction of sp³-hybridized carbons (Fsp3) is 0.111. The Kier molecular flexibility index (Phi) is 5.33. The summed E-state index contributed by atoms with van der Waals surface area (Å²) in [6, 6.07) is 16.8. The Morgan fingerprint density at radius 2 is 1.86 bits per heavy atom. The molecule has 0 atom stereocenters. The van der Waals surface area contributed by atoms with Crippen molar-refractivity contribution in [1.82, 2.24) is 0 Å². The summed E-state index contributed by atoms with van der Waals surface area (Å²) in [5.74, 6) is 0.775. The van der Waals surface area contributed by atoms with Gasteiger partial charge >= 0.3 is 0 Å². The summed E-state index contributed by atoms with van der Waals surface area (Å²) in [6.45, 7) is 4.02. The van der Waals surface area contributed by atoms with Crippen molar-refractivity contribution in [3.8, 4) is 11.8 Å². The van der Waals surface area contributed by atoms with E-state index in [1.165, 1.54) is 0 Å². The lowest BCUT2D eigenvalue weighted by atomic mass is 10.0. The van der Waals surface area contributed by atoms with Crippen molar-refractivity contribution in [3.05, 3.63) is 77.9 Å². The fourth-order valence-corrected chi connectivity index (χ4v) is 2.14. The number of nitrogens with zero attached hydrogens (tertiary/aromatic N) is 2. The molecule has 1 N–H and O–H groups in total. The third-order valence-corrected chi connectivity index (χ3v) is 3.20. The molecule has 0 radical (unpaired) electrons. The number of para-hydroxylation sites is 1. The van der Waals surface area contributed by atoms with Gasteiger partial charge in [-0.05, 0) is 23.6 Å². The van der Waals surface area contributed by atoms with E-state index >= 15 is 0 Å². The van der Waals surface area contributed by atoms with Crippen LogP contribution in [0.2, 0.25) is 0 Å². The predicted molar refractivity (Wildman–Crippen MR) is 85.1 cm³/mol. The van der Waals surface area contributed by atoms with Gasteiger partial charge in [-0.2, -0.15) is 5.26 Å². The maximum atomic E-state index is 9.01. The molecule has 0 heterocycles. The zero-order valence-electron chi connectivity index (χ0n) is 12.1. The van der Waals surface area contributed by atoms with E-state index in [1.807, 2.05) is 48.5 Å². The molecular weight excluding hydrogens is 276 g/mol. The molecule has 4 nitrogen and oxygen atoms in total. The molecule has 0 aromatic heterocycles. The minimum atomic E-state index is -0.0291. The molecule has 0 fully saturated rings. The van der Waals surface area contributed by atoms with Crippen LogP contribution in [0.4, 0.5) is 0 Å². The molecule has 0 saturated heterocycles. The molecule has 2 rings (SSSR count). The van der Waals surface area contributed by atoms with E-state index in [-0.39, 0.29) is 12.3 Å². The summed E-state index contributed by atoms with van der Waals surface area (Å²) < 4.78 is 5.86. The van der Waals surface area contributed by atoms with Crippen LogP contribution in [-0.2, 0) is 13.0 Å². The molecule has 0 aliphatic rings. The average molecular weight is 292 g/mol. The molecule has 4 heteroatoms. The molecule has 0 saturated carbocycles. The maximum Gasteiger partial charge on any atom is 0.187 e. The van der Waals surface area contributed by atoms with Crippen LogP contribution in [0, 0.1) is 11.3 Å². The molecule has 0 amide bonds. The zero-order valence-corrected chi connectivity index (χ0v) is 12.1. The first-order valence-electron chi connectivity index (χ1n) is 6.82. The van der Waals surface area contributed by atoms with Crippen molar-refractivity contribution >= 4 is 5.71 Å². The number of hydrogen-bond donors (Lipinski definition) is 1.